The minimum Gasteiger partial charge on any atom is -0.618 e. The molecule has 4 nitrogen and oxygen atoms in total. The molecule has 0 saturated carbocycles. The first-order valence-corrected chi connectivity index (χ1v) is 9.11. The van der Waals surface area contributed by atoms with Crippen LogP contribution in [0, 0.1) is 5.21 Å². The number of rotatable bonds is 4. The summed E-state index contributed by atoms with van der Waals surface area (Å²) in [5.74, 6) is 0.116. The molecule has 3 heterocycles. The fraction of sp³-hybridized carbons (Fsp3) is 0.375. The van der Waals surface area contributed by atoms with Gasteiger partial charge in [0, 0.05) is 23.6 Å². The van der Waals surface area contributed by atoms with E-state index in [0.717, 1.165) is 24.1 Å². The van der Waals surface area contributed by atoms with Gasteiger partial charge in [0.25, 0.3) is 5.03 Å². The quantitative estimate of drug-likeness (QED) is 0.490. The fourth-order valence-corrected chi connectivity index (χ4v) is 4.57. The number of thiophene rings is 1. The van der Waals surface area contributed by atoms with Crippen molar-refractivity contribution in [3.8, 4) is 0 Å². The predicted octanol–water partition coefficient (Wildman–Crippen LogP) is 3.23. The van der Waals surface area contributed by atoms with Crippen LogP contribution >= 0.6 is 23.1 Å². The Morgan fingerprint density at radius 2 is 2.32 bits per heavy atom. The van der Waals surface area contributed by atoms with Crippen molar-refractivity contribution in [3.63, 3.8) is 0 Å². The second kappa shape index (κ2) is 6.71. The van der Waals surface area contributed by atoms with Crippen molar-refractivity contribution in [2.24, 2.45) is 0 Å². The molecule has 3 rings (SSSR count). The summed E-state index contributed by atoms with van der Waals surface area (Å²) >= 11 is 3.03. The second-order valence-corrected chi connectivity index (χ2v) is 7.67. The third-order valence-electron chi connectivity index (χ3n) is 3.84. The van der Waals surface area contributed by atoms with Gasteiger partial charge in [-0.2, -0.15) is 4.73 Å². The average Bonchev–Trinajstić information content (AvgIpc) is 3.19. The number of hydrogen-bond donors (Lipinski definition) is 0. The molecule has 2 aromatic heterocycles. The second-order valence-electron chi connectivity index (χ2n) is 5.33. The monoisotopic (exact) mass is 334 g/mol. The minimum atomic E-state index is -0.261. The van der Waals surface area contributed by atoms with E-state index in [9.17, 15) is 10.0 Å². The molecular formula is C16H18N2O2S2. The van der Waals surface area contributed by atoms with Gasteiger partial charge in [-0.05, 0) is 49.0 Å². The fourth-order valence-electron chi connectivity index (χ4n) is 2.78. The molecule has 1 fully saturated rings. The Labute approximate surface area is 138 Å². The number of carbonyl (C=O) groups excluding carboxylic acids is 1. The van der Waals surface area contributed by atoms with Crippen molar-refractivity contribution in [1.29, 1.82) is 0 Å². The molecule has 0 aromatic carbocycles. The molecule has 0 bridgehead atoms. The molecule has 0 radical (unpaired) electrons. The summed E-state index contributed by atoms with van der Waals surface area (Å²) in [5, 5.41) is 14.1. The van der Waals surface area contributed by atoms with Crippen LogP contribution in [0.5, 0.6) is 0 Å². The first-order chi connectivity index (χ1) is 10.7. The van der Waals surface area contributed by atoms with Gasteiger partial charge in [-0.25, -0.2) is 0 Å². The zero-order chi connectivity index (χ0) is 15.5. The number of carbonyl (C=O) groups is 1. The van der Waals surface area contributed by atoms with E-state index in [2.05, 4.69) is 11.4 Å². The van der Waals surface area contributed by atoms with Crippen LogP contribution in [-0.2, 0) is 4.79 Å². The van der Waals surface area contributed by atoms with Crippen LogP contribution in [0.4, 0.5) is 0 Å². The highest BCUT2D eigenvalue weighted by atomic mass is 32.2. The minimum absolute atomic E-state index is 0.116. The van der Waals surface area contributed by atoms with E-state index in [4.69, 9.17) is 0 Å². The maximum absolute atomic E-state index is 12.8. The average molecular weight is 334 g/mol. The van der Waals surface area contributed by atoms with E-state index in [1.165, 1.54) is 22.8 Å². The maximum atomic E-state index is 12.8. The Morgan fingerprint density at radius 1 is 1.45 bits per heavy atom. The highest BCUT2D eigenvalue weighted by Crippen LogP contribution is 2.36. The molecule has 6 heteroatoms. The number of thioether (sulfide) groups is 1. The Hall–Kier alpha value is -1.53. The number of likely N-dealkylation sites (tertiary alicyclic amines) is 1. The summed E-state index contributed by atoms with van der Waals surface area (Å²) in [5.41, 5.74) is 0. The molecule has 116 valence electrons. The summed E-state index contributed by atoms with van der Waals surface area (Å²) in [6, 6.07) is 9.59. The molecule has 1 aliphatic rings. The Kier molecular flexibility index (Phi) is 4.69. The van der Waals surface area contributed by atoms with E-state index >= 15 is 0 Å². The van der Waals surface area contributed by atoms with Gasteiger partial charge in [-0.3, -0.25) is 4.79 Å². The lowest BCUT2D eigenvalue weighted by molar-refractivity contribution is -0.645. The van der Waals surface area contributed by atoms with Gasteiger partial charge < -0.3 is 10.1 Å². The zero-order valence-corrected chi connectivity index (χ0v) is 14.0. The third kappa shape index (κ3) is 3.13. The number of aromatic nitrogens is 1. The van der Waals surface area contributed by atoms with Crippen LogP contribution < -0.4 is 4.73 Å². The number of nitrogens with zero attached hydrogens (tertiary/aromatic N) is 2. The standard InChI is InChI=1S/C16H18N2O2S2/c1-12(22-15-8-2-3-10-18(15)20)16(19)17-9-4-6-13(17)14-7-5-11-21-14/h2-3,5,7-8,10-13H,4,6,9H2,1H3. The summed E-state index contributed by atoms with van der Waals surface area (Å²) in [7, 11) is 0. The lowest BCUT2D eigenvalue weighted by atomic mass is 10.2. The van der Waals surface area contributed by atoms with E-state index in [-0.39, 0.29) is 17.2 Å². The van der Waals surface area contributed by atoms with Crippen molar-refractivity contribution in [2.45, 2.75) is 36.1 Å². The van der Waals surface area contributed by atoms with Crippen molar-refractivity contribution >= 4 is 29.0 Å². The maximum Gasteiger partial charge on any atom is 0.252 e. The molecule has 2 aromatic rings. The van der Waals surface area contributed by atoms with Gasteiger partial charge in [0.15, 0.2) is 6.20 Å². The van der Waals surface area contributed by atoms with E-state index < -0.39 is 0 Å². The van der Waals surface area contributed by atoms with Crippen LogP contribution in [-0.4, -0.2) is 22.6 Å². The Balaban J connectivity index is 1.71. The van der Waals surface area contributed by atoms with Crippen LogP contribution in [0.25, 0.3) is 0 Å². The third-order valence-corrected chi connectivity index (χ3v) is 5.93. The molecule has 22 heavy (non-hydrogen) atoms. The van der Waals surface area contributed by atoms with Gasteiger partial charge >= 0.3 is 0 Å². The lowest BCUT2D eigenvalue weighted by Gasteiger charge is -2.26. The molecule has 0 spiro atoms. The molecule has 1 amide bonds. The lowest BCUT2D eigenvalue weighted by Crippen LogP contribution is -2.37. The summed E-state index contributed by atoms with van der Waals surface area (Å²) in [6.07, 6.45) is 3.53. The topological polar surface area (TPSA) is 47.2 Å². The van der Waals surface area contributed by atoms with E-state index in [1.54, 1.807) is 23.5 Å². The van der Waals surface area contributed by atoms with Gasteiger partial charge in [0.05, 0.1) is 11.3 Å². The van der Waals surface area contributed by atoms with Crippen LogP contribution in [0.15, 0.2) is 46.9 Å². The van der Waals surface area contributed by atoms with Crippen molar-refractivity contribution in [2.75, 3.05) is 6.54 Å². The highest BCUT2D eigenvalue weighted by molar-refractivity contribution is 8.00. The molecule has 2 unspecified atom stereocenters. The summed E-state index contributed by atoms with van der Waals surface area (Å²) < 4.78 is 0.815. The zero-order valence-electron chi connectivity index (χ0n) is 12.3. The molecule has 2 atom stereocenters. The Morgan fingerprint density at radius 3 is 3.05 bits per heavy atom. The van der Waals surface area contributed by atoms with Crippen molar-refractivity contribution < 1.29 is 9.52 Å². The van der Waals surface area contributed by atoms with Gasteiger partial charge in [-0.15, -0.1) is 11.3 Å². The van der Waals surface area contributed by atoms with E-state index in [0.29, 0.717) is 5.03 Å². The molecular weight excluding hydrogens is 316 g/mol. The smallest absolute Gasteiger partial charge is 0.252 e. The number of amides is 1. The van der Waals surface area contributed by atoms with Crippen LogP contribution in [0.3, 0.4) is 0 Å². The summed E-state index contributed by atoms with van der Waals surface area (Å²) in [6.45, 7) is 2.68. The van der Waals surface area contributed by atoms with E-state index in [1.807, 2.05) is 24.0 Å². The first-order valence-electron chi connectivity index (χ1n) is 7.35. The molecule has 0 aliphatic carbocycles. The van der Waals surface area contributed by atoms with Crippen molar-refractivity contribution in [1.82, 2.24) is 4.90 Å². The first kappa shape index (κ1) is 15.4. The van der Waals surface area contributed by atoms with Crippen LogP contribution in [0.2, 0.25) is 0 Å². The molecule has 1 aliphatic heterocycles. The molecule has 1 saturated heterocycles. The normalized spacial score (nSPS) is 19.3. The number of hydrogen-bond acceptors (Lipinski definition) is 4. The predicted molar refractivity (Wildman–Crippen MR) is 88.7 cm³/mol. The van der Waals surface area contributed by atoms with Crippen molar-refractivity contribution in [3.05, 3.63) is 52.0 Å². The van der Waals surface area contributed by atoms with Gasteiger partial charge in [-0.1, -0.05) is 6.07 Å². The number of pyridine rings is 1. The summed E-state index contributed by atoms with van der Waals surface area (Å²) in [4.78, 5) is 16.0. The van der Waals surface area contributed by atoms with Gasteiger partial charge in [0.2, 0.25) is 5.91 Å². The largest absolute Gasteiger partial charge is 0.618 e. The SMILES string of the molecule is CC(Sc1cccc[n+]1[O-])C(=O)N1CCCC1c1cccs1. The van der Waals surface area contributed by atoms with Crippen LogP contribution in [0.1, 0.15) is 30.7 Å². The van der Waals surface area contributed by atoms with Gasteiger partial charge in [0.1, 0.15) is 0 Å². The molecule has 0 N–H and O–H groups in total. The highest BCUT2D eigenvalue weighted by Gasteiger charge is 2.33. The Bertz CT molecular complexity index is 645.